The highest BCUT2D eigenvalue weighted by Crippen LogP contribution is 2.23. The second kappa shape index (κ2) is 8.99. The van der Waals surface area contributed by atoms with Gasteiger partial charge < -0.3 is 15.4 Å². The van der Waals surface area contributed by atoms with Gasteiger partial charge in [-0.15, -0.1) is 0 Å². The fourth-order valence-electron chi connectivity index (χ4n) is 3.14. The molecular weight excluding hydrogens is 376 g/mol. The van der Waals surface area contributed by atoms with E-state index in [1.165, 1.54) is 0 Å². The number of para-hydroxylation sites is 1. The minimum absolute atomic E-state index is 0.234. The second-order valence-electron chi connectivity index (χ2n) is 8.26. The van der Waals surface area contributed by atoms with Gasteiger partial charge in [-0.25, -0.2) is 0 Å². The van der Waals surface area contributed by atoms with Gasteiger partial charge in [0, 0.05) is 5.54 Å². The lowest BCUT2D eigenvalue weighted by atomic mass is 10.1. The average molecular weight is 405 g/mol. The quantitative estimate of drug-likeness (QED) is 0.596. The Morgan fingerprint density at radius 2 is 1.60 bits per heavy atom. The molecule has 0 aromatic heterocycles. The normalized spacial score (nSPS) is 12.3. The van der Waals surface area contributed by atoms with Crippen LogP contribution in [0.1, 0.15) is 44.5 Å². The van der Waals surface area contributed by atoms with Crippen molar-refractivity contribution in [1.82, 2.24) is 5.32 Å². The summed E-state index contributed by atoms with van der Waals surface area (Å²) in [6.45, 7) is 7.63. The van der Waals surface area contributed by atoms with Crippen molar-refractivity contribution in [2.45, 2.75) is 45.8 Å². The molecule has 5 nitrogen and oxygen atoms in total. The molecule has 0 radical (unpaired) electrons. The summed E-state index contributed by atoms with van der Waals surface area (Å²) in [7, 11) is 0. The van der Waals surface area contributed by atoms with E-state index < -0.39 is 6.10 Å². The number of carbonyl (C=O) groups excluding carboxylic acids is 2. The summed E-state index contributed by atoms with van der Waals surface area (Å²) in [5.41, 5.74) is 0.505. The van der Waals surface area contributed by atoms with E-state index in [2.05, 4.69) is 10.6 Å². The zero-order chi connectivity index (χ0) is 21.7. The molecule has 0 bridgehead atoms. The molecule has 0 fully saturated rings. The molecule has 3 aromatic carbocycles. The third-order valence-corrected chi connectivity index (χ3v) is 4.58. The summed E-state index contributed by atoms with van der Waals surface area (Å²) >= 11 is 0. The van der Waals surface area contributed by atoms with Crippen LogP contribution in [0, 0.1) is 0 Å². The predicted octanol–water partition coefficient (Wildman–Crippen LogP) is 5.16. The average Bonchev–Trinajstić information content (AvgIpc) is 2.71. The molecule has 156 valence electrons. The monoisotopic (exact) mass is 404 g/mol. The molecule has 0 saturated heterocycles. The molecule has 0 heterocycles. The van der Waals surface area contributed by atoms with E-state index in [4.69, 9.17) is 4.74 Å². The van der Waals surface area contributed by atoms with Crippen LogP contribution in [0.5, 0.6) is 5.75 Å². The fourth-order valence-corrected chi connectivity index (χ4v) is 3.14. The van der Waals surface area contributed by atoms with Crippen LogP contribution in [0.15, 0.2) is 66.7 Å². The number of benzene rings is 3. The van der Waals surface area contributed by atoms with Crippen LogP contribution in [-0.2, 0) is 4.79 Å². The minimum atomic E-state index is -0.676. The first kappa shape index (κ1) is 21.4. The molecule has 0 spiro atoms. The van der Waals surface area contributed by atoms with Crippen LogP contribution in [0.4, 0.5) is 5.69 Å². The van der Waals surface area contributed by atoms with Gasteiger partial charge in [0.25, 0.3) is 11.8 Å². The Bertz CT molecular complexity index is 1050. The van der Waals surface area contributed by atoms with Gasteiger partial charge in [-0.2, -0.15) is 0 Å². The third-order valence-electron chi connectivity index (χ3n) is 4.58. The van der Waals surface area contributed by atoms with Crippen LogP contribution >= 0.6 is 0 Å². The first-order valence-corrected chi connectivity index (χ1v) is 10.1. The van der Waals surface area contributed by atoms with E-state index in [9.17, 15) is 9.59 Å². The molecule has 1 atom stereocenters. The van der Waals surface area contributed by atoms with E-state index in [0.717, 1.165) is 10.8 Å². The Morgan fingerprint density at radius 3 is 2.30 bits per heavy atom. The Kier molecular flexibility index (Phi) is 6.40. The number of hydrogen-bond donors (Lipinski definition) is 2. The molecule has 5 heteroatoms. The lowest BCUT2D eigenvalue weighted by molar-refractivity contribution is -0.122. The SMILES string of the molecule is CCC(Oc1ccc2ccccc2c1)C(=O)Nc1ccccc1C(=O)NC(C)(C)C. The highest BCUT2D eigenvalue weighted by Gasteiger charge is 2.22. The van der Waals surface area contributed by atoms with Crippen molar-refractivity contribution in [1.29, 1.82) is 0 Å². The highest BCUT2D eigenvalue weighted by atomic mass is 16.5. The van der Waals surface area contributed by atoms with Crippen molar-refractivity contribution in [2.24, 2.45) is 0 Å². The molecule has 3 aromatic rings. The predicted molar refractivity (Wildman–Crippen MR) is 121 cm³/mol. The Labute approximate surface area is 177 Å². The number of hydrogen-bond acceptors (Lipinski definition) is 3. The van der Waals surface area contributed by atoms with Gasteiger partial charge >= 0.3 is 0 Å². The van der Waals surface area contributed by atoms with Crippen LogP contribution < -0.4 is 15.4 Å². The summed E-state index contributed by atoms with van der Waals surface area (Å²) in [5, 5.41) is 7.95. The molecular formula is C25H28N2O3. The summed E-state index contributed by atoms with van der Waals surface area (Å²) < 4.78 is 5.97. The molecule has 30 heavy (non-hydrogen) atoms. The van der Waals surface area contributed by atoms with Gasteiger partial charge in [0.1, 0.15) is 5.75 Å². The van der Waals surface area contributed by atoms with E-state index in [-0.39, 0.29) is 17.4 Å². The maximum atomic E-state index is 12.9. The number of ether oxygens (including phenoxy) is 1. The molecule has 0 aliphatic rings. The summed E-state index contributed by atoms with van der Waals surface area (Å²) in [6.07, 6.45) is -0.181. The van der Waals surface area contributed by atoms with Crippen molar-refractivity contribution in [3.8, 4) is 5.75 Å². The van der Waals surface area contributed by atoms with Crippen LogP contribution in [0.3, 0.4) is 0 Å². The van der Waals surface area contributed by atoms with E-state index in [1.807, 2.05) is 70.2 Å². The highest BCUT2D eigenvalue weighted by molar-refractivity contribution is 6.04. The lowest BCUT2D eigenvalue weighted by Gasteiger charge is -2.22. The van der Waals surface area contributed by atoms with Crippen LogP contribution in [0.2, 0.25) is 0 Å². The Morgan fingerprint density at radius 1 is 0.933 bits per heavy atom. The van der Waals surface area contributed by atoms with Gasteiger partial charge in [-0.1, -0.05) is 49.4 Å². The van der Waals surface area contributed by atoms with Gasteiger partial charge in [-0.3, -0.25) is 9.59 Å². The summed E-state index contributed by atoms with van der Waals surface area (Å²) in [5.74, 6) is 0.109. The molecule has 2 amide bonds. The van der Waals surface area contributed by atoms with Gasteiger partial charge in [0.15, 0.2) is 6.10 Å². The number of nitrogens with one attached hydrogen (secondary N) is 2. The van der Waals surface area contributed by atoms with Crippen molar-refractivity contribution in [2.75, 3.05) is 5.32 Å². The van der Waals surface area contributed by atoms with Gasteiger partial charge in [-0.05, 0) is 62.2 Å². The third kappa shape index (κ3) is 5.38. The largest absolute Gasteiger partial charge is 0.481 e. The van der Waals surface area contributed by atoms with Crippen molar-refractivity contribution < 1.29 is 14.3 Å². The zero-order valence-electron chi connectivity index (χ0n) is 17.9. The standard InChI is InChI=1S/C25H28N2O3/c1-5-22(30-19-15-14-17-10-6-7-11-18(17)16-19)24(29)26-21-13-9-8-12-20(21)23(28)27-25(2,3)4/h6-16,22H,5H2,1-4H3,(H,26,29)(H,27,28). The summed E-state index contributed by atoms with van der Waals surface area (Å²) in [4.78, 5) is 25.5. The maximum Gasteiger partial charge on any atom is 0.265 e. The van der Waals surface area contributed by atoms with Gasteiger partial charge in [0.2, 0.25) is 0 Å². The number of amides is 2. The number of fused-ring (bicyclic) bond motifs is 1. The molecule has 0 aliphatic heterocycles. The number of anilines is 1. The Balaban J connectivity index is 1.76. The van der Waals surface area contributed by atoms with Crippen molar-refractivity contribution >= 4 is 28.3 Å². The first-order valence-electron chi connectivity index (χ1n) is 10.1. The van der Waals surface area contributed by atoms with Crippen molar-refractivity contribution in [3.63, 3.8) is 0 Å². The molecule has 0 saturated carbocycles. The lowest BCUT2D eigenvalue weighted by Crippen LogP contribution is -2.41. The molecule has 3 rings (SSSR count). The van der Waals surface area contributed by atoms with Crippen LogP contribution in [0.25, 0.3) is 10.8 Å². The maximum absolute atomic E-state index is 12.9. The fraction of sp³-hybridized carbons (Fsp3) is 0.280. The molecule has 1 unspecified atom stereocenters. The minimum Gasteiger partial charge on any atom is -0.481 e. The van der Waals surface area contributed by atoms with E-state index >= 15 is 0 Å². The van der Waals surface area contributed by atoms with Crippen molar-refractivity contribution in [3.05, 3.63) is 72.3 Å². The number of carbonyl (C=O) groups is 2. The molecule has 2 N–H and O–H groups in total. The second-order valence-corrected chi connectivity index (χ2v) is 8.26. The van der Waals surface area contributed by atoms with E-state index in [0.29, 0.717) is 23.4 Å². The number of rotatable bonds is 6. The van der Waals surface area contributed by atoms with Gasteiger partial charge in [0.05, 0.1) is 11.3 Å². The molecule has 0 aliphatic carbocycles. The first-order chi connectivity index (χ1) is 14.3. The topological polar surface area (TPSA) is 67.4 Å². The Hall–Kier alpha value is -3.34. The van der Waals surface area contributed by atoms with E-state index in [1.54, 1.807) is 24.3 Å². The van der Waals surface area contributed by atoms with Crippen LogP contribution in [-0.4, -0.2) is 23.5 Å². The zero-order valence-corrected chi connectivity index (χ0v) is 17.9. The smallest absolute Gasteiger partial charge is 0.265 e. The summed E-state index contributed by atoms with van der Waals surface area (Å²) in [6, 6.07) is 20.7.